The molecule has 2 aromatic rings. The lowest BCUT2D eigenvalue weighted by Gasteiger charge is -2.21. The molecule has 0 radical (unpaired) electrons. The first-order valence-corrected chi connectivity index (χ1v) is 11.7. The minimum absolute atomic E-state index is 0.0208. The van der Waals surface area contributed by atoms with E-state index in [0.29, 0.717) is 19.5 Å². The number of hydrogen-bond donors (Lipinski definition) is 1. The van der Waals surface area contributed by atoms with Gasteiger partial charge in [0.2, 0.25) is 15.9 Å². The summed E-state index contributed by atoms with van der Waals surface area (Å²) in [6.07, 6.45) is 7.72. The third kappa shape index (κ3) is 4.31. The summed E-state index contributed by atoms with van der Waals surface area (Å²) in [5, 5.41) is 0. The molecule has 1 amide bonds. The minimum atomic E-state index is -3.21. The van der Waals surface area contributed by atoms with Gasteiger partial charge >= 0.3 is 0 Å². The van der Waals surface area contributed by atoms with E-state index in [4.69, 9.17) is 4.42 Å². The molecule has 1 saturated carbocycles. The number of hydrogen-bond acceptors (Lipinski definition) is 4. The van der Waals surface area contributed by atoms with Gasteiger partial charge in [-0.3, -0.25) is 4.79 Å². The first-order chi connectivity index (χ1) is 13.4. The molecule has 2 fully saturated rings. The second-order valence-electron chi connectivity index (χ2n) is 7.89. The van der Waals surface area contributed by atoms with Crippen molar-refractivity contribution in [1.82, 2.24) is 9.62 Å². The largest absolute Gasteiger partial charge is 0.472 e. The average Bonchev–Trinajstić information content (AvgIpc) is 3.33. The molecule has 2 aliphatic rings. The molecular weight excluding hydrogens is 376 g/mol. The SMILES string of the molecule is CS(=O)(=O)NC1CCCN(C(=O)C2CC2c2ccccc2-c2ccoc2)CC1. The zero-order valence-corrected chi connectivity index (χ0v) is 16.8. The molecule has 28 heavy (non-hydrogen) atoms. The van der Waals surface area contributed by atoms with Crippen LogP contribution in [0.5, 0.6) is 0 Å². The summed E-state index contributed by atoms with van der Waals surface area (Å²) in [6.45, 7) is 1.31. The van der Waals surface area contributed by atoms with E-state index in [2.05, 4.69) is 16.9 Å². The van der Waals surface area contributed by atoms with Crippen LogP contribution in [0.1, 0.15) is 37.2 Å². The van der Waals surface area contributed by atoms with Crippen molar-refractivity contribution in [3.63, 3.8) is 0 Å². The summed E-state index contributed by atoms with van der Waals surface area (Å²) in [7, 11) is -3.21. The number of nitrogens with zero attached hydrogens (tertiary/aromatic N) is 1. The lowest BCUT2D eigenvalue weighted by molar-refractivity contribution is -0.132. The van der Waals surface area contributed by atoms with E-state index in [-0.39, 0.29) is 23.8 Å². The highest BCUT2D eigenvalue weighted by atomic mass is 32.2. The van der Waals surface area contributed by atoms with Gasteiger partial charge in [0.25, 0.3) is 0 Å². The normalized spacial score (nSPS) is 25.3. The number of furan rings is 1. The number of sulfonamides is 1. The highest BCUT2D eigenvalue weighted by Crippen LogP contribution is 2.51. The third-order valence-corrected chi connectivity index (χ3v) is 6.48. The van der Waals surface area contributed by atoms with Gasteiger partial charge in [-0.15, -0.1) is 0 Å². The molecule has 2 heterocycles. The van der Waals surface area contributed by atoms with Gasteiger partial charge in [0.05, 0.1) is 18.8 Å². The Morgan fingerprint density at radius 1 is 1.18 bits per heavy atom. The first kappa shape index (κ1) is 19.2. The molecule has 4 rings (SSSR count). The van der Waals surface area contributed by atoms with Crippen molar-refractivity contribution in [2.45, 2.75) is 37.6 Å². The zero-order chi connectivity index (χ0) is 19.7. The molecule has 3 atom stereocenters. The summed E-state index contributed by atoms with van der Waals surface area (Å²) in [6, 6.07) is 10.1. The average molecular weight is 403 g/mol. The predicted octanol–water partition coefficient (Wildman–Crippen LogP) is 2.98. The van der Waals surface area contributed by atoms with E-state index >= 15 is 0 Å². The van der Waals surface area contributed by atoms with Gasteiger partial charge in [0.15, 0.2) is 0 Å². The Morgan fingerprint density at radius 2 is 2.00 bits per heavy atom. The standard InChI is InChI=1S/C21H26N2O4S/c1-28(25,26)22-16-5-4-10-23(11-8-16)21(24)20-13-19(20)18-7-3-2-6-17(18)15-9-12-27-14-15/h2-3,6-7,9,12,14,16,19-20,22H,4-5,8,10-11,13H2,1H3. The Balaban J connectivity index is 1.42. The molecule has 1 saturated heterocycles. The van der Waals surface area contributed by atoms with Crippen molar-refractivity contribution in [3.8, 4) is 11.1 Å². The van der Waals surface area contributed by atoms with Gasteiger partial charge in [0, 0.05) is 30.6 Å². The highest BCUT2D eigenvalue weighted by Gasteiger charge is 2.46. The maximum absolute atomic E-state index is 13.1. The van der Waals surface area contributed by atoms with Crippen LogP contribution in [-0.2, 0) is 14.8 Å². The van der Waals surface area contributed by atoms with E-state index in [1.807, 2.05) is 23.1 Å². The van der Waals surface area contributed by atoms with Crippen molar-refractivity contribution in [2.75, 3.05) is 19.3 Å². The Bertz CT molecular complexity index is 939. The van der Waals surface area contributed by atoms with Gasteiger partial charge in [-0.05, 0) is 48.8 Å². The molecule has 0 bridgehead atoms. The van der Waals surface area contributed by atoms with Crippen molar-refractivity contribution >= 4 is 15.9 Å². The topological polar surface area (TPSA) is 79.6 Å². The number of carbonyl (C=O) groups excluding carboxylic acids is 1. The van der Waals surface area contributed by atoms with Crippen LogP contribution in [-0.4, -0.2) is 44.6 Å². The Labute approximate surface area is 166 Å². The molecule has 150 valence electrons. The van der Waals surface area contributed by atoms with Crippen LogP contribution >= 0.6 is 0 Å². The second-order valence-corrected chi connectivity index (χ2v) is 9.67. The summed E-state index contributed by atoms with van der Waals surface area (Å²) in [4.78, 5) is 15.0. The molecule has 1 aromatic carbocycles. The van der Waals surface area contributed by atoms with Crippen molar-refractivity contribution < 1.29 is 17.6 Å². The molecule has 6 nitrogen and oxygen atoms in total. The van der Waals surface area contributed by atoms with E-state index in [1.54, 1.807) is 12.5 Å². The number of benzene rings is 1. The van der Waals surface area contributed by atoms with Gasteiger partial charge in [-0.2, -0.15) is 0 Å². The molecule has 1 aliphatic heterocycles. The third-order valence-electron chi connectivity index (χ3n) is 5.72. The Morgan fingerprint density at radius 3 is 2.75 bits per heavy atom. The Kier molecular flexibility index (Phi) is 5.29. The van der Waals surface area contributed by atoms with Crippen molar-refractivity contribution in [2.24, 2.45) is 5.92 Å². The van der Waals surface area contributed by atoms with Gasteiger partial charge in [-0.1, -0.05) is 24.3 Å². The van der Waals surface area contributed by atoms with E-state index in [1.165, 1.54) is 11.8 Å². The molecule has 3 unspecified atom stereocenters. The van der Waals surface area contributed by atoms with Crippen LogP contribution in [0.15, 0.2) is 47.3 Å². The molecular formula is C21H26N2O4S. The van der Waals surface area contributed by atoms with Crippen molar-refractivity contribution in [3.05, 3.63) is 48.4 Å². The summed E-state index contributed by atoms with van der Waals surface area (Å²) < 4.78 is 30.9. The lowest BCUT2D eigenvalue weighted by Crippen LogP contribution is -2.36. The van der Waals surface area contributed by atoms with E-state index in [0.717, 1.165) is 30.4 Å². The number of amides is 1. The maximum atomic E-state index is 13.1. The lowest BCUT2D eigenvalue weighted by atomic mass is 9.97. The number of carbonyl (C=O) groups is 1. The van der Waals surface area contributed by atoms with Crippen LogP contribution in [0.25, 0.3) is 11.1 Å². The molecule has 1 aromatic heterocycles. The zero-order valence-electron chi connectivity index (χ0n) is 16.0. The van der Waals surface area contributed by atoms with Crippen LogP contribution in [0.2, 0.25) is 0 Å². The van der Waals surface area contributed by atoms with Crippen LogP contribution in [0.3, 0.4) is 0 Å². The molecule has 1 N–H and O–H groups in total. The Hall–Kier alpha value is -2.12. The predicted molar refractivity (Wildman–Crippen MR) is 107 cm³/mol. The summed E-state index contributed by atoms with van der Waals surface area (Å²) in [5.74, 6) is 0.464. The van der Waals surface area contributed by atoms with E-state index < -0.39 is 10.0 Å². The molecule has 0 spiro atoms. The number of rotatable bonds is 5. The fourth-order valence-corrected chi connectivity index (χ4v) is 5.13. The van der Waals surface area contributed by atoms with Crippen LogP contribution < -0.4 is 4.72 Å². The van der Waals surface area contributed by atoms with Gasteiger partial charge in [0.1, 0.15) is 0 Å². The fourth-order valence-electron chi connectivity index (χ4n) is 4.28. The molecule has 7 heteroatoms. The van der Waals surface area contributed by atoms with Crippen LogP contribution in [0, 0.1) is 5.92 Å². The summed E-state index contributed by atoms with van der Waals surface area (Å²) in [5.41, 5.74) is 3.37. The first-order valence-electron chi connectivity index (χ1n) is 9.80. The maximum Gasteiger partial charge on any atom is 0.226 e. The fraction of sp³-hybridized carbons (Fsp3) is 0.476. The summed E-state index contributed by atoms with van der Waals surface area (Å²) >= 11 is 0. The van der Waals surface area contributed by atoms with Crippen LogP contribution in [0.4, 0.5) is 0 Å². The number of nitrogens with one attached hydrogen (secondary N) is 1. The van der Waals surface area contributed by atoms with E-state index in [9.17, 15) is 13.2 Å². The highest BCUT2D eigenvalue weighted by molar-refractivity contribution is 7.88. The minimum Gasteiger partial charge on any atom is -0.472 e. The number of likely N-dealkylation sites (tertiary alicyclic amines) is 1. The second kappa shape index (κ2) is 7.72. The van der Waals surface area contributed by atoms with Gasteiger partial charge < -0.3 is 9.32 Å². The van der Waals surface area contributed by atoms with Gasteiger partial charge in [-0.25, -0.2) is 13.1 Å². The monoisotopic (exact) mass is 402 g/mol. The smallest absolute Gasteiger partial charge is 0.226 e. The van der Waals surface area contributed by atoms with Crippen molar-refractivity contribution in [1.29, 1.82) is 0 Å². The molecule has 1 aliphatic carbocycles. The quantitative estimate of drug-likeness (QED) is 0.834.